The van der Waals surface area contributed by atoms with Crippen LogP contribution in [0.3, 0.4) is 0 Å². The van der Waals surface area contributed by atoms with E-state index in [0.717, 1.165) is 0 Å². The Kier molecular flexibility index (Phi) is 2.63. The Morgan fingerprint density at radius 2 is 2.20 bits per heavy atom. The zero-order chi connectivity index (χ0) is 11.0. The van der Waals surface area contributed by atoms with Gasteiger partial charge in [0.15, 0.2) is 5.43 Å². The third-order valence-electron chi connectivity index (χ3n) is 2.11. The number of rotatable bonds is 1. The highest BCUT2D eigenvalue weighted by Crippen LogP contribution is 2.30. The zero-order valence-electron chi connectivity index (χ0n) is 7.87. The summed E-state index contributed by atoms with van der Waals surface area (Å²) >= 11 is 10.1. The van der Waals surface area contributed by atoms with Gasteiger partial charge in [-0.1, -0.05) is 11.6 Å². The summed E-state index contributed by atoms with van der Waals surface area (Å²) in [6.45, 7) is 0. The molecule has 0 saturated heterocycles. The number of thiol groups is 1. The first kappa shape index (κ1) is 10.4. The number of methoxy groups -OCH3 is 1. The highest BCUT2D eigenvalue weighted by molar-refractivity contribution is 7.80. The van der Waals surface area contributed by atoms with Crippen LogP contribution < -0.4 is 10.2 Å². The predicted molar refractivity (Wildman–Crippen MR) is 63.4 cm³/mol. The van der Waals surface area contributed by atoms with Crippen LogP contribution >= 0.6 is 24.2 Å². The molecule has 0 unspecified atom stereocenters. The van der Waals surface area contributed by atoms with E-state index in [-0.39, 0.29) is 5.43 Å². The number of fused-ring (bicyclic) bond motifs is 1. The number of pyridine rings is 1. The van der Waals surface area contributed by atoms with Gasteiger partial charge in [-0.2, -0.15) is 0 Å². The summed E-state index contributed by atoms with van der Waals surface area (Å²) in [6.07, 6.45) is 0. The van der Waals surface area contributed by atoms with Crippen molar-refractivity contribution in [3.8, 4) is 5.75 Å². The van der Waals surface area contributed by atoms with Crippen molar-refractivity contribution in [3.63, 3.8) is 0 Å². The molecule has 1 N–H and O–H groups in total. The van der Waals surface area contributed by atoms with Gasteiger partial charge in [0.05, 0.1) is 17.7 Å². The van der Waals surface area contributed by atoms with Crippen molar-refractivity contribution in [1.29, 1.82) is 0 Å². The van der Waals surface area contributed by atoms with Crippen molar-refractivity contribution in [1.82, 2.24) is 4.98 Å². The lowest BCUT2D eigenvalue weighted by atomic mass is 10.2. The number of aromatic nitrogens is 1. The Morgan fingerprint density at radius 1 is 1.47 bits per heavy atom. The monoisotopic (exact) mass is 241 g/mol. The van der Waals surface area contributed by atoms with Gasteiger partial charge in [-0.15, -0.1) is 12.6 Å². The van der Waals surface area contributed by atoms with Gasteiger partial charge in [-0.05, 0) is 12.1 Å². The van der Waals surface area contributed by atoms with Crippen LogP contribution in [0.15, 0.2) is 28.0 Å². The van der Waals surface area contributed by atoms with Crippen molar-refractivity contribution < 1.29 is 4.74 Å². The van der Waals surface area contributed by atoms with Crippen LogP contribution in [0.1, 0.15) is 0 Å². The quantitative estimate of drug-likeness (QED) is 0.754. The van der Waals surface area contributed by atoms with Crippen molar-refractivity contribution >= 4 is 35.1 Å². The lowest BCUT2D eigenvalue weighted by Crippen LogP contribution is -2.02. The lowest BCUT2D eigenvalue weighted by Gasteiger charge is -2.06. The first-order valence-electron chi connectivity index (χ1n) is 4.22. The summed E-state index contributed by atoms with van der Waals surface area (Å²) in [6, 6.07) is 4.75. The highest BCUT2D eigenvalue weighted by atomic mass is 35.5. The molecule has 0 radical (unpaired) electrons. The van der Waals surface area contributed by atoms with Gasteiger partial charge in [0.2, 0.25) is 0 Å². The third-order valence-corrected chi connectivity index (χ3v) is 2.73. The first-order chi connectivity index (χ1) is 7.13. The van der Waals surface area contributed by atoms with Crippen LogP contribution in [0.2, 0.25) is 5.02 Å². The number of benzene rings is 1. The molecule has 0 amide bonds. The molecule has 3 nitrogen and oxygen atoms in total. The number of hydrogen-bond donors (Lipinski definition) is 2. The molecular weight excluding hydrogens is 234 g/mol. The first-order valence-corrected chi connectivity index (χ1v) is 5.04. The Labute approximate surface area is 96.4 Å². The van der Waals surface area contributed by atoms with E-state index < -0.39 is 0 Å². The topological polar surface area (TPSA) is 42.1 Å². The molecule has 0 bridgehead atoms. The van der Waals surface area contributed by atoms with E-state index in [1.165, 1.54) is 13.2 Å². The van der Waals surface area contributed by atoms with Gasteiger partial charge in [-0.25, -0.2) is 0 Å². The summed E-state index contributed by atoms with van der Waals surface area (Å²) < 4.78 is 5.05. The molecule has 0 atom stereocenters. The molecule has 78 valence electrons. The van der Waals surface area contributed by atoms with Crippen LogP contribution in [-0.2, 0) is 0 Å². The van der Waals surface area contributed by atoms with Gasteiger partial charge >= 0.3 is 0 Å². The minimum atomic E-state index is -0.113. The molecule has 0 spiro atoms. The van der Waals surface area contributed by atoms with Crippen molar-refractivity contribution in [3.05, 3.63) is 33.4 Å². The van der Waals surface area contributed by atoms with E-state index >= 15 is 0 Å². The van der Waals surface area contributed by atoms with Crippen molar-refractivity contribution in [2.45, 2.75) is 5.03 Å². The maximum absolute atomic E-state index is 11.6. The fourth-order valence-electron chi connectivity index (χ4n) is 1.41. The number of hydrogen-bond acceptors (Lipinski definition) is 3. The molecule has 1 aromatic heterocycles. The maximum atomic E-state index is 11.6. The molecule has 0 aliphatic carbocycles. The highest BCUT2D eigenvalue weighted by Gasteiger charge is 2.08. The molecule has 1 heterocycles. The summed E-state index contributed by atoms with van der Waals surface area (Å²) in [4.78, 5) is 14.5. The molecule has 2 aromatic rings. The average molecular weight is 242 g/mol. The largest absolute Gasteiger partial charge is 0.495 e. The Morgan fingerprint density at radius 3 is 2.87 bits per heavy atom. The minimum absolute atomic E-state index is 0.113. The molecule has 2 rings (SSSR count). The molecule has 0 saturated carbocycles. The van der Waals surface area contributed by atoms with E-state index in [1.54, 1.807) is 12.1 Å². The van der Waals surface area contributed by atoms with Gasteiger partial charge in [-0.3, -0.25) is 4.79 Å². The zero-order valence-corrected chi connectivity index (χ0v) is 9.52. The molecule has 1 aromatic carbocycles. The summed E-state index contributed by atoms with van der Waals surface area (Å²) in [5, 5.41) is 1.39. The van der Waals surface area contributed by atoms with Crippen LogP contribution in [0.25, 0.3) is 10.9 Å². The molecule has 0 fully saturated rings. The second-order valence-corrected chi connectivity index (χ2v) is 3.88. The van der Waals surface area contributed by atoms with E-state index in [0.29, 0.717) is 26.7 Å². The number of nitrogens with one attached hydrogen (secondary N) is 1. The van der Waals surface area contributed by atoms with E-state index in [1.807, 2.05) is 0 Å². The number of H-pyrrole nitrogens is 1. The number of ether oxygens (including phenoxy) is 1. The minimum Gasteiger partial charge on any atom is -0.495 e. The van der Waals surface area contributed by atoms with Gasteiger partial charge in [0.25, 0.3) is 0 Å². The third kappa shape index (κ3) is 1.70. The summed E-state index contributed by atoms with van der Waals surface area (Å²) in [5.41, 5.74) is 0.437. The Balaban J connectivity index is 2.93. The maximum Gasteiger partial charge on any atom is 0.190 e. The van der Waals surface area contributed by atoms with E-state index in [4.69, 9.17) is 16.3 Å². The standard InChI is InChI=1S/C10H8ClNO2S/c1-14-7-3-2-5-6(13)4-8(15)12-10(5)9(7)11/h2-4H,1H3,(H2,12,13,15). The molecular formula is C10H8ClNO2S. The number of halogens is 1. The predicted octanol–water partition coefficient (Wildman–Crippen LogP) is 2.48. The average Bonchev–Trinajstić information content (AvgIpc) is 2.19. The summed E-state index contributed by atoms with van der Waals surface area (Å²) in [7, 11) is 1.52. The SMILES string of the molecule is COc1ccc2c(=O)cc(S)[nH]c2c1Cl. The van der Waals surface area contributed by atoms with Gasteiger partial charge in [0, 0.05) is 11.5 Å². The second-order valence-electron chi connectivity index (χ2n) is 3.02. The van der Waals surface area contributed by atoms with E-state index in [2.05, 4.69) is 17.6 Å². The van der Waals surface area contributed by atoms with Crippen LogP contribution in [0, 0.1) is 0 Å². The normalized spacial score (nSPS) is 10.6. The molecule has 0 aliphatic rings. The Bertz CT molecular complexity index is 579. The summed E-state index contributed by atoms with van der Waals surface area (Å²) in [5.74, 6) is 0.527. The molecule has 15 heavy (non-hydrogen) atoms. The smallest absolute Gasteiger partial charge is 0.190 e. The lowest BCUT2D eigenvalue weighted by molar-refractivity contribution is 0.415. The fourth-order valence-corrected chi connectivity index (χ4v) is 1.93. The second kappa shape index (κ2) is 3.79. The van der Waals surface area contributed by atoms with Crippen molar-refractivity contribution in [2.24, 2.45) is 0 Å². The molecule has 5 heteroatoms. The van der Waals surface area contributed by atoms with Crippen LogP contribution in [0.5, 0.6) is 5.75 Å². The fraction of sp³-hybridized carbons (Fsp3) is 0.100. The van der Waals surface area contributed by atoms with Gasteiger partial charge in [0.1, 0.15) is 10.8 Å². The van der Waals surface area contributed by atoms with Crippen LogP contribution in [-0.4, -0.2) is 12.1 Å². The Hall–Kier alpha value is -1.13. The van der Waals surface area contributed by atoms with Crippen LogP contribution in [0.4, 0.5) is 0 Å². The number of aromatic amines is 1. The molecule has 0 aliphatic heterocycles. The van der Waals surface area contributed by atoms with Crippen molar-refractivity contribution in [2.75, 3.05) is 7.11 Å². The van der Waals surface area contributed by atoms with E-state index in [9.17, 15) is 4.79 Å². The van der Waals surface area contributed by atoms with Gasteiger partial charge < -0.3 is 9.72 Å².